The number of ketones is 1. The minimum absolute atomic E-state index is 0.0569. The first-order valence-electron chi connectivity index (χ1n) is 13.1. The number of aromatic nitrogens is 4. The molecule has 0 radical (unpaired) electrons. The number of nitrogen functional groups attached to an aromatic ring is 1. The zero-order chi connectivity index (χ0) is 32.0. The largest absolute Gasteiger partial charge is 0.481 e. The molecule has 0 bridgehead atoms. The van der Waals surface area contributed by atoms with Crippen LogP contribution in [0.2, 0.25) is 0 Å². The van der Waals surface area contributed by atoms with Crippen LogP contribution >= 0.6 is 15.6 Å². The molecule has 22 heteroatoms. The Balaban J connectivity index is 1.15. The van der Waals surface area contributed by atoms with Gasteiger partial charge < -0.3 is 45.4 Å². The van der Waals surface area contributed by atoms with Crippen molar-refractivity contribution in [2.45, 2.75) is 56.0 Å². The van der Waals surface area contributed by atoms with Gasteiger partial charge in [0.05, 0.1) is 19.5 Å². The number of carbonyl (C=O) groups excluding carboxylic acids is 1. The Morgan fingerprint density at radius 1 is 1.02 bits per heavy atom. The Kier molecular flexibility index (Phi) is 9.46. The van der Waals surface area contributed by atoms with Crippen LogP contribution in [0.25, 0.3) is 11.2 Å². The molecular weight excluding hydrogens is 634 g/mol. The Morgan fingerprint density at radius 3 is 2.32 bits per heavy atom. The van der Waals surface area contributed by atoms with Crippen molar-refractivity contribution in [1.82, 2.24) is 19.5 Å². The van der Waals surface area contributed by atoms with Crippen molar-refractivity contribution in [2.75, 3.05) is 25.5 Å². The van der Waals surface area contributed by atoms with E-state index in [4.69, 9.17) is 24.3 Å². The van der Waals surface area contributed by atoms with Crippen molar-refractivity contribution in [3.63, 3.8) is 0 Å². The first kappa shape index (κ1) is 32.8. The number of hydrogen-bond acceptors (Lipinski definition) is 16. The quantitative estimate of drug-likeness (QED) is 0.0746. The number of imidazole rings is 1. The number of allylic oxidation sites excluding steroid dienone is 1. The first-order valence-corrected chi connectivity index (χ1v) is 16.1. The van der Waals surface area contributed by atoms with Gasteiger partial charge in [-0.25, -0.2) is 28.7 Å². The molecule has 0 saturated carbocycles. The number of nitrogens with two attached hydrogens (primary N) is 1. The standard InChI is InChI=1S/C22H30N6O14P2/c1-10(29)11-3-2-4-27(5-11)21-17(32)15(30)12(40-21)6-38-43(34,35)42-44(36,37)39-7-13-16(31)18(33)22(41-13)28-9-26-14-19(23)24-8-25-20(14)28/h2-3,5,8-9,11-13,15-18,21-22,30-33H,4,6-7H2,1H3,(H3-,23,24,25,34,35,36,37)/p+1/t11?,12-,13-,15-,16-,17-,18-,21-,22-/m1/s1. The molecule has 0 amide bonds. The van der Waals surface area contributed by atoms with Gasteiger partial charge in [0, 0.05) is 0 Å². The Morgan fingerprint density at radius 2 is 1.66 bits per heavy atom. The first-order chi connectivity index (χ1) is 20.7. The van der Waals surface area contributed by atoms with Crippen LogP contribution in [0.4, 0.5) is 5.82 Å². The van der Waals surface area contributed by atoms with E-state index in [1.54, 1.807) is 12.2 Å². The summed E-state index contributed by atoms with van der Waals surface area (Å²) >= 11 is 0. The summed E-state index contributed by atoms with van der Waals surface area (Å²) in [5.74, 6) is -0.673. The number of Topliss-reactive ketones (excluding diaryl/α,β-unsaturated/α-hetero) is 1. The number of aliphatic hydroxyl groups excluding tert-OH is 4. The summed E-state index contributed by atoms with van der Waals surface area (Å²) < 4.78 is 52.5. The summed E-state index contributed by atoms with van der Waals surface area (Å²) in [4.78, 5) is 43.6. The summed E-state index contributed by atoms with van der Waals surface area (Å²) in [5, 5.41) is 41.7. The monoisotopic (exact) mass is 665 g/mol. The van der Waals surface area contributed by atoms with Gasteiger partial charge in [-0.2, -0.15) is 4.31 Å². The molecule has 0 aliphatic carbocycles. The second-order valence-electron chi connectivity index (χ2n) is 10.2. The number of anilines is 1. The molecular formula is C22H31N6O14P2+. The third-order valence-electron chi connectivity index (χ3n) is 7.15. The van der Waals surface area contributed by atoms with Crippen molar-refractivity contribution in [2.24, 2.45) is 5.92 Å². The Hall–Kier alpha value is -2.55. The van der Waals surface area contributed by atoms with Gasteiger partial charge >= 0.3 is 15.6 Å². The lowest BCUT2D eigenvalue weighted by Gasteiger charge is -2.20. The normalized spacial score (nSPS) is 35.0. The van der Waals surface area contributed by atoms with E-state index in [1.165, 1.54) is 28.6 Å². The fraction of sp³-hybridized carbons (Fsp3) is 0.591. The van der Waals surface area contributed by atoms with Crippen LogP contribution in [-0.2, 0) is 36.8 Å². The van der Waals surface area contributed by atoms with Crippen LogP contribution in [0.3, 0.4) is 0 Å². The van der Waals surface area contributed by atoms with E-state index in [-0.39, 0.29) is 29.3 Å². The van der Waals surface area contributed by atoms with Crippen LogP contribution in [0.1, 0.15) is 13.2 Å². The second-order valence-corrected chi connectivity index (χ2v) is 13.2. The number of rotatable bonds is 11. The number of phosphoric ester groups is 2. The predicted octanol–water partition coefficient (Wildman–Crippen LogP) is -2.42. The van der Waals surface area contributed by atoms with Crippen molar-refractivity contribution in [3.05, 3.63) is 24.8 Å². The maximum atomic E-state index is 12.4. The minimum Gasteiger partial charge on any atom is -0.387 e. The molecule has 3 unspecified atom stereocenters. The highest BCUT2D eigenvalue weighted by Gasteiger charge is 2.51. The summed E-state index contributed by atoms with van der Waals surface area (Å²) in [6.07, 6.45) is -4.25. The summed E-state index contributed by atoms with van der Waals surface area (Å²) in [6, 6.07) is 0. The van der Waals surface area contributed by atoms with Gasteiger partial charge in [0.15, 0.2) is 36.6 Å². The molecule has 11 atom stereocenters. The maximum Gasteiger partial charge on any atom is 0.481 e. The van der Waals surface area contributed by atoms with Gasteiger partial charge in [0.2, 0.25) is 0 Å². The van der Waals surface area contributed by atoms with E-state index in [1.807, 2.05) is 0 Å². The Bertz CT molecular complexity index is 1550. The topological polar surface area (TPSA) is 291 Å². The molecule has 3 aliphatic rings. The molecule has 242 valence electrons. The van der Waals surface area contributed by atoms with Crippen molar-refractivity contribution in [1.29, 1.82) is 0 Å². The molecule has 8 N–H and O–H groups in total. The predicted molar refractivity (Wildman–Crippen MR) is 143 cm³/mol. The SMILES string of the molecule is CC(=O)C1C=CC[N+]([C@@H]2O[C@H](COP(=O)(O)OP(=O)(O)OC[C@H]3O[C@@H](n4cnc5c(N)ncnc54)[C@H](O)[C@@H]3O)[C@@H](O)[C@H]2O)=C1. The molecule has 2 fully saturated rings. The van der Waals surface area contributed by atoms with Gasteiger partial charge in [0.1, 0.15) is 54.1 Å². The average molecular weight is 665 g/mol. The zero-order valence-electron chi connectivity index (χ0n) is 22.9. The number of aliphatic hydroxyl groups is 4. The second kappa shape index (κ2) is 12.7. The average Bonchev–Trinajstić information content (AvgIpc) is 3.61. The number of carbonyl (C=O) groups is 1. The van der Waals surface area contributed by atoms with Crippen molar-refractivity contribution >= 4 is 44.6 Å². The van der Waals surface area contributed by atoms with E-state index < -0.39 is 83.9 Å². The highest BCUT2D eigenvalue weighted by molar-refractivity contribution is 7.61. The van der Waals surface area contributed by atoms with Crippen LogP contribution in [0, 0.1) is 5.92 Å². The zero-order valence-corrected chi connectivity index (χ0v) is 24.7. The Labute approximate surface area is 248 Å². The van der Waals surface area contributed by atoms with E-state index in [9.17, 15) is 44.1 Å². The number of fused-ring (bicyclic) bond motifs is 1. The summed E-state index contributed by atoms with van der Waals surface area (Å²) in [6.45, 7) is -0.106. The van der Waals surface area contributed by atoms with Gasteiger partial charge in [-0.3, -0.25) is 18.4 Å². The fourth-order valence-corrected chi connectivity index (χ4v) is 6.97. The summed E-state index contributed by atoms with van der Waals surface area (Å²) in [7, 11) is -10.7. The molecule has 20 nitrogen and oxygen atoms in total. The molecule has 0 aromatic carbocycles. The van der Waals surface area contributed by atoms with Crippen LogP contribution < -0.4 is 5.73 Å². The van der Waals surface area contributed by atoms with Crippen LogP contribution in [-0.4, -0.2) is 129 Å². The maximum absolute atomic E-state index is 12.4. The van der Waals surface area contributed by atoms with Gasteiger partial charge in [-0.05, 0) is 13.0 Å². The molecule has 3 aliphatic heterocycles. The molecule has 2 aromatic rings. The highest BCUT2D eigenvalue weighted by atomic mass is 31.3. The van der Waals surface area contributed by atoms with Gasteiger partial charge in [-0.1, -0.05) is 6.08 Å². The highest BCUT2D eigenvalue weighted by Crippen LogP contribution is 2.60. The molecule has 5 rings (SSSR count). The minimum atomic E-state index is -5.35. The van der Waals surface area contributed by atoms with Gasteiger partial charge in [0.25, 0.3) is 6.23 Å². The lowest BCUT2D eigenvalue weighted by Crippen LogP contribution is -2.41. The molecule has 0 spiro atoms. The molecule has 2 saturated heterocycles. The van der Waals surface area contributed by atoms with Crippen LogP contribution in [0.5, 0.6) is 0 Å². The van der Waals surface area contributed by atoms with Crippen molar-refractivity contribution < 1.29 is 71.5 Å². The van der Waals surface area contributed by atoms with E-state index in [0.717, 1.165) is 6.33 Å². The smallest absolute Gasteiger partial charge is 0.387 e. The lowest BCUT2D eigenvalue weighted by molar-refractivity contribution is -0.609. The number of nitrogens with zero attached hydrogens (tertiary/aromatic N) is 5. The third-order valence-corrected chi connectivity index (χ3v) is 9.76. The van der Waals surface area contributed by atoms with E-state index in [0.29, 0.717) is 0 Å². The molecule has 5 heterocycles. The van der Waals surface area contributed by atoms with E-state index >= 15 is 0 Å². The van der Waals surface area contributed by atoms with Crippen LogP contribution in [0.15, 0.2) is 24.8 Å². The number of hydrogen-bond donors (Lipinski definition) is 7. The van der Waals surface area contributed by atoms with E-state index in [2.05, 4.69) is 19.3 Å². The lowest BCUT2D eigenvalue weighted by atomic mass is 10.0. The van der Waals surface area contributed by atoms with Gasteiger partial charge in [-0.15, -0.1) is 0 Å². The van der Waals surface area contributed by atoms with Crippen molar-refractivity contribution in [3.8, 4) is 0 Å². The third kappa shape index (κ3) is 6.82. The molecule has 44 heavy (non-hydrogen) atoms. The fourth-order valence-electron chi connectivity index (χ4n) is 4.88. The number of ether oxygens (including phenoxy) is 2. The summed E-state index contributed by atoms with van der Waals surface area (Å²) in [5.41, 5.74) is 6.13. The number of phosphoric acid groups is 2. The molecule has 2 aromatic heterocycles.